The maximum atomic E-state index is 13.9. The van der Waals surface area contributed by atoms with Gasteiger partial charge >= 0.3 is 12.2 Å². The van der Waals surface area contributed by atoms with Crippen molar-refractivity contribution >= 4 is 56.3 Å². The Morgan fingerprint density at radius 2 is 1.25 bits per heavy atom. The SMILES string of the molecule is COC(=O)N[C@@H](C(=O)N1CCCC1c1nc(-c2nc3sc(-c4cnc([C@@H]5CCCN5C(=O)[C@H](NC(=O)OC)c5ccccc5)[nH]4)nc3s2)c[nH]1)c1ccccc1. The minimum atomic E-state index is -0.905. The number of aromatic nitrogens is 6. The number of imidazole rings is 2. The number of aromatic amines is 2. The van der Waals surface area contributed by atoms with Crippen molar-refractivity contribution in [2.75, 3.05) is 27.3 Å². The Morgan fingerprint density at radius 1 is 0.732 bits per heavy atom. The van der Waals surface area contributed by atoms with E-state index in [0.29, 0.717) is 70.1 Å². The van der Waals surface area contributed by atoms with E-state index < -0.39 is 24.3 Å². The van der Waals surface area contributed by atoms with Gasteiger partial charge in [0.2, 0.25) is 0 Å². The second kappa shape index (κ2) is 15.9. The van der Waals surface area contributed by atoms with Gasteiger partial charge in [-0.2, -0.15) is 0 Å². The Hall–Kier alpha value is -6.14. The summed E-state index contributed by atoms with van der Waals surface area (Å²) in [6.45, 7) is 1.05. The number of ether oxygens (including phenoxy) is 2. The van der Waals surface area contributed by atoms with E-state index in [-0.39, 0.29) is 23.9 Å². The van der Waals surface area contributed by atoms with Crippen molar-refractivity contribution in [3.63, 3.8) is 0 Å². The summed E-state index contributed by atoms with van der Waals surface area (Å²) in [5.41, 5.74) is 2.68. The van der Waals surface area contributed by atoms with Crippen LogP contribution in [0.2, 0.25) is 0 Å². The molecule has 0 radical (unpaired) electrons. The van der Waals surface area contributed by atoms with E-state index in [0.717, 1.165) is 22.5 Å². The highest BCUT2D eigenvalue weighted by Gasteiger charge is 2.39. The fourth-order valence-electron chi connectivity index (χ4n) is 7.28. The van der Waals surface area contributed by atoms with Crippen molar-refractivity contribution in [2.24, 2.45) is 0 Å². The topological polar surface area (TPSA) is 200 Å². The molecule has 8 rings (SSSR count). The number of hydrogen-bond acceptors (Lipinski definition) is 12. The molecule has 1 unspecified atom stereocenters. The summed E-state index contributed by atoms with van der Waals surface area (Å²) in [7, 11) is 2.54. The lowest BCUT2D eigenvalue weighted by Gasteiger charge is -2.28. The fourth-order valence-corrected chi connectivity index (χ4v) is 9.25. The standard InChI is InChI=1S/C38H38N10O6S2/c1-53-37(51)43-27(21-11-5-3-6-12-21)35(49)47-17-9-15-25(47)29-39-19-23(41-29)31-45-33-34(55-31)46-32(56-33)24-20-40-30(42-24)26-16-10-18-48(26)36(50)28(44-38(52)54-2)22-13-7-4-8-14-22/h3-8,11-14,19-20,25-28H,9-10,15-18H2,1-2H3,(H,39,41)(H,40,42)(H,43,51)(H,44,52)/t25-,26?,27+,28+/m0/s1. The van der Waals surface area contributed by atoms with Gasteiger partial charge < -0.3 is 39.9 Å². The number of methoxy groups -OCH3 is 2. The highest BCUT2D eigenvalue weighted by molar-refractivity contribution is 7.29. The highest BCUT2D eigenvalue weighted by Crippen LogP contribution is 2.39. The first kappa shape index (κ1) is 36.8. The zero-order valence-electron chi connectivity index (χ0n) is 30.4. The number of benzene rings is 2. The molecule has 288 valence electrons. The Balaban J connectivity index is 0.970. The molecule has 2 saturated heterocycles. The number of hydrogen-bond donors (Lipinski definition) is 4. The molecule has 2 aliphatic heterocycles. The molecular formula is C38H38N10O6S2. The zero-order chi connectivity index (χ0) is 38.8. The van der Waals surface area contributed by atoms with Crippen LogP contribution in [0.3, 0.4) is 0 Å². The lowest BCUT2D eigenvalue weighted by molar-refractivity contribution is -0.135. The molecule has 2 aromatic carbocycles. The largest absolute Gasteiger partial charge is 0.453 e. The number of carbonyl (C=O) groups excluding carboxylic acids is 4. The lowest BCUT2D eigenvalue weighted by atomic mass is 10.1. The van der Waals surface area contributed by atoms with E-state index in [1.807, 2.05) is 36.4 Å². The first-order chi connectivity index (χ1) is 27.3. The van der Waals surface area contributed by atoms with Crippen molar-refractivity contribution in [3.8, 4) is 21.4 Å². The first-order valence-corrected chi connectivity index (χ1v) is 19.7. The fraction of sp³-hybridized carbons (Fsp3) is 0.316. The summed E-state index contributed by atoms with van der Waals surface area (Å²) in [6.07, 6.45) is 5.15. The van der Waals surface area contributed by atoms with E-state index in [1.54, 1.807) is 46.5 Å². The molecule has 0 bridgehead atoms. The normalized spacial score (nSPS) is 17.8. The van der Waals surface area contributed by atoms with Crippen LogP contribution in [-0.4, -0.2) is 91.0 Å². The Bertz CT molecular complexity index is 2170. The van der Waals surface area contributed by atoms with Crippen molar-refractivity contribution in [3.05, 3.63) is 95.8 Å². The molecule has 6 heterocycles. The van der Waals surface area contributed by atoms with Crippen LogP contribution >= 0.6 is 22.7 Å². The molecule has 2 aliphatic rings. The quantitative estimate of drug-likeness (QED) is 0.126. The van der Waals surface area contributed by atoms with Crippen LogP contribution in [0.4, 0.5) is 9.59 Å². The van der Waals surface area contributed by atoms with Crippen LogP contribution < -0.4 is 10.6 Å². The lowest BCUT2D eigenvalue weighted by Crippen LogP contribution is -2.42. The minimum absolute atomic E-state index is 0.241. The summed E-state index contributed by atoms with van der Waals surface area (Å²) in [4.78, 5) is 83.1. The van der Waals surface area contributed by atoms with Crippen molar-refractivity contribution in [1.82, 2.24) is 50.3 Å². The number of alkyl carbamates (subject to hydrolysis) is 2. The molecule has 0 saturated carbocycles. The predicted molar refractivity (Wildman–Crippen MR) is 207 cm³/mol. The number of H-pyrrole nitrogens is 2. The van der Waals surface area contributed by atoms with Gasteiger partial charge in [0.25, 0.3) is 11.8 Å². The zero-order valence-corrected chi connectivity index (χ0v) is 32.1. The smallest absolute Gasteiger partial charge is 0.407 e. The van der Waals surface area contributed by atoms with Crippen LogP contribution in [0.25, 0.3) is 31.1 Å². The van der Waals surface area contributed by atoms with E-state index >= 15 is 0 Å². The maximum absolute atomic E-state index is 13.9. The molecule has 4 atom stereocenters. The van der Waals surface area contributed by atoms with Crippen LogP contribution in [-0.2, 0) is 19.1 Å². The molecule has 18 heteroatoms. The molecule has 4 N–H and O–H groups in total. The third-order valence-corrected chi connectivity index (χ3v) is 12.1. The van der Waals surface area contributed by atoms with Gasteiger partial charge in [-0.3, -0.25) is 9.59 Å². The summed E-state index contributed by atoms with van der Waals surface area (Å²) < 4.78 is 9.63. The van der Waals surface area contributed by atoms with Gasteiger partial charge in [0.05, 0.1) is 38.2 Å². The second-order valence-electron chi connectivity index (χ2n) is 13.3. The minimum Gasteiger partial charge on any atom is -0.453 e. The molecule has 2 fully saturated rings. The van der Waals surface area contributed by atoms with Crippen LogP contribution in [0.5, 0.6) is 0 Å². The van der Waals surface area contributed by atoms with E-state index in [4.69, 9.17) is 24.4 Å². The van der Waals surface area contributed by atoms with Crippen molar-refractivity contribution in [2.45, 2.75) is 49.9 Å². The van der Waals surface area contributed by atoms with Crippen LogP contribution in [0, 0.1) is 0 Å². The number of thiazole rings is 2. The van der Waals surface area contributed by atoms with Crippen LogP contribution in [0.1, 0.15) is 72.6 Å². The van der Waals surface area contributed by atoms with Gasteiger partial charge in [0.1, 0.15) is 39.4 Å². The van der Waals surface area contributed by atoms with Gasteiger partial charge in [-0.25, -0.2) is 29.5 Å². The highest BCUT2D eigenvalue weighted by atomic mass is 32.1. The summed E-state index contributed by atoms with van der Waals surface area (Å²) in [5, 5.41) is 6.79. The van der Waals surface area contributed by atoms with Crippen LogP contribution in [0.15, 0.2) is 73.1 Å². The summed E-state index contributed by atoms with van der Waals surface area (Å²) in [6, 6.07) is 15.8. The number of likely N-dealkylation sites (tertiary alicyclic amines) is 2. The molecule has 4 amide bonds. The number of carbonyl (C=O) groups is 4. The number of nitrogens with one attached hydrogen (secondary N) is 4. The number of fused-ring (bicyclic) bond motifs is 1. The Labute approximate surface area is 328 Å². The average Bonchev–Trinajstić information content (AvgIpc) is 4.08. The number of nitrogens with zero attached hydrogens (tertiary/aromatic N) is 6. The second-order valence-corrected chi connectivity index (χ2v) is 15.3. The molecule has 4 aromatic heterocycles. The summed E-state index contributed by atoms with van der Waals surface area (Å²) >= 11 is 2.84. The van der Waals surface area contributed by atoms with Crippen molar-refractivity contribution in [1.29, 1.82) is 0 Å². The van der Waals surface area contributed by atoms with Crippen molar-refractivity contribution < 1.29 is 28.7 Å². The molecule has 56 heavy (non-hydrogen) atoms. The Morgan fingerprint density at radius 3 is 1.80 bits per heavy atom. The molecule has 0 spiro atoms. The van der Waals surface area contributed by atoms with Gasteiger partial charge in [-0.15, -0.1) is 0 Å². The van der Waals surface area contributed by atoms with Gasteiger partial charge in [-0.05, 0) is 36.8 Å². The van der Waals surface area contributed by atoms with E-state index in [1.165, 1.54) is 36.9 Å². The Kier molecular flexibility index (Phi) is 10.5. The van der Waals surface area contributed by atoms with Gasteiger partial charge in [0, 0.05) is 19.3 Å². The third-order valence-electron chi connectivity index (χ3n) is 9.98. The third kappa shape index (κ3) is 7.32. The number of amides is 4. The first-order valence-electron chi connectivity index (χ1n) is 18.1. The maximum Gasteiger partial charge on any atom is 0.407 e. The van der Waals surface area contributed by atoms with E-state index in [2.05, 4.69) is 25.6 Å². The molecule has 0 aliphatic carbocycles. The predicted octanol–water partition coefficient (Wildman–Crippen LogP) is 6.05. The average molecular weight is 795 g/mol. The monoisotopic (exact) mass is 794 g/mol. The summed E-state index contributed by atoms with van der Waals surface area (Å²) in [5.74, 6) is 0.801. The van der Waals surface area contributed by atoms with Gasteiger partial charge in [-0.1, -0.05) is 83.3 Å². The molecular weight excluding hydrogens is 757 g/mol. The van der Waals surface area contributed by atoms with E-state index in [9.17, 15) is 19.2 Å². The van der Waals surface area contributed by atoms with Gasteiger partial charge in [0.15, 0.2) is 9.66 Å². The number of rotatable bonds is 10. The molecule has 6 aromatic rings. The molecule has 16 nitrogen and oxygen atoms in total.